The Bertz CT molecular complexity index is 690. The normalized spacial score (nSPS) is 10.2. The number of aromatic hydroxyl groups is 1. The van der Waals surface area contributed by atoms with E-state index >= 15 is 0 Å². The molecule has 8 heteroatoms. The molecule has 1 aromatic heterocycles. The summed E-state index contributed by atoms with van der Waals surface area (Å²) in [5.41, 5.74) is -0.0481. The van der Waals surface area contributed by atoms with E-state index in [-0.39, 0.29) is 28.7 Å². The molecule has 0 bridgehead atoms. The molecular weight excluding hydrogens is 302 g/mol. The average Bonchev–Trinajstić information content (AvgIpc) is 2.41. The second-order valence-corrected chi connectivity index (χ2v) is 5.14. The Morgan fingerprint density at radius 3 is 3.00 bits per heavy atom. The van der Waals surface area contributed by atoms with Gasteiger partial charge in [-0.25, -0.2) is 4.98 Å². The number of halogens is 1. The molecule has 0 aliphatic carbocycles. The Kier molecular flexibility index (Phi) is 4.65. The van der Waals surface area contributed by atoms with Crippen molar-refractivity contribution in [2.75, 3.05) is 11.1 Å². The zero-order chi connectivity index (χ0) is 14.5. The van der Waals surface area contributed by atoms with Gasteiger partial charge in [-0.15, -0.1) is 0 Å². The third kappa shape index (κ3) is 4.01. The summed E-state index contributed by atoms with van der Waals surface area (Å²) >= 11 is 6.85. The number of phenolic OH excluding ortho intramolecular Hbond substituents is 1. The number of hydrogen-bond donors (Lipinski definition) is 3. The predicted octanol–water partition coefficient (Wildman–Crippen LogP) is 1.86. The van der Waals surface area contributed by atoms with E-state index in [4.69, 9.17) is 11.6 Å². The highest BCUT2D eigenvalue weighted by atomic mass is 35.5. The fraction of sp³-hybridized carbons (Fsp3) is 0.0833. The zero-order valence-corrected chi connectivity index (χ0v) is 11.7. The number of hydrogen-bond acceptors (Lipinski definition) is 5. The van der Waals surface area contributed by atoms with E-state index in [2.05, 4.69) is 15.3 Å². The molecule has 0 saturated heterocycles. The first-order valence-electron chi connectivity index (χ1n) is 5.51. The first kappa shape index (κ1) is 14.4. The Balaban J connectivity index is 1.96. The summed E-state index contributed by atoms with van der Waals surface area (Å²) in [7, 11) is 0. The molecule has 0 fully saturated rings. The summed E-state index contributed by atoms with van der Waals surface area (Å²) in [6, 6.07) is 5.64. The van der Waals surface area contributed by atoms with Gasteiger partial charge in [0, 0.05) is 17.3 Å². The lowest BCUT2D eigenvalue weighted by molar-refractivity contribution is -0.113. The second-order valence-electron chi connectivity index (χ2n) is 3.74. The van der Waals surface area contributed by atoms with Gasteiger partial charge in [0.1, 0.15) is 5.75 Å². The lowest BCUT2D eigenvalue weighted by atomic mass is 10.3. The third-order valence-electron chi connectivity index (χ3n) is 2.22. The quantitative estimate of drug-likeness (QED) is 0.455. The van der Waals surface area contributed by atoms with E-state index in [0.29, 0.717) is 10.2 Å². The average molecular weight is 312 g/mol. The third-order valence-corrected chi connectivity index (χ3v) is 3.34. The van der Waals surface area contributed by atoms with Crippen molar-refractivity contribution in [3.05, 3.63) is 45.8 Å². The summed E-state index contributed by atoms with van der Waals surface area (Å²) < 4.78 is 0. The van der Waals surface area contributed by atoms with Gasteiger partial charge in [0.05, 0.1) is 11.4 Å². The molecule has 1 heterocycles. The molecule has 0 aliphatic heterocycles. The van der Waals surface area contributed by atoms with Crippen LogP contribution in [0.2, 0.25) is 5.02 Å². The summed E-state index contributed by atoms with van der Waals surface area (Å²) in [5.74, 6) is -0.378. The van der Waals surface area contributed by atoms with Gasteiger partial charge in [0.25, 0.3) is 5.56 Å². The number of phenols is 1. The predicted molar refractivity (Wildman–Crippen MR) is 77.3 cm³/mol. The molecule has 0 saturated carbocycles. The number of nitrogens with zero attached hydrogens (tertiary/aromatic N) is 1. The van der Waals surface area contributed by atoms with Gasteiger partial charge in [-0.1, -0.05) is 23.4 Å². The van der Waals surface area contributed by atoms with Crippen molar-refractivity contribution in [1.29, 1.82) is 0 Å². The highest BCUT2D eigenvalue weighted by molar-refractivity contribution is 7.99. The Morgan fingerprint density at radius 1 is 1.45 bits per heavy atom. The summed E-state index contributed by atoms with van der Waals surface area (Å²) in [6.45, 7) is 0. The molecule has 0 aliphatic rings. The van der Waals surface area contributed by atoms with E-state index in [9.17, 15) is 14.7 Å². The maximum Gasteiger partial charge on any atom is 0.251 e. The SMILES string of the molecule is O=C(CSc1nccc(=O)[nH]1)Nc1cc(Cl)ccc1O. The fourth-order valence-electron chi connectivity index (χ4n) is 1.35. The van der Waals surface area contributed by atoms with Crippen LogP contribution >= 0.6 is 23.4 Å². The van der Waals surface area contributed by atoms with Crippen molar-refractivity contribution < 1.29 is 9.90 Å². The van der Waals surface area contributed by atoms with Gasteiger partial charge in [-0.2, -0.15) is 0 Å². The second kappa shape index (κ2) is 6.44. The number of thioether (sulfide) groups is 1. The largest absolute Gasteiger partial charge is 0.506 e. The summed E-state index contributed by atoms with van der Waals surface area (Å²) in [5, 5.41) is 12.8. The molecule has 104 valence electrons. The maximum absolute atomic E-state index is 11.7. The van der Waals surface area contributed by atoms with Crippen LogP contribution in [0, 0.1) is 0 Å². The number of H-pyrrole nitrogens is 1. The first-order chi connectivity index (χ1) is 9.54. The monoisotopic (exact) mass is 311 g/mol. The van der Waals surface area contributed by atoms with Gasteiger partial charge >= 0.3 is 0 Å². The number of benzene rings is 1. The zero-order valence-electron chi connectivity index (χ0n) is 10.1. The molecule has 0 unspecified atom stereocenters. The van der Waals surface area contributed by atoms with Gasteiger partial charge in [0.2, 0.25) is 5.91 Å². The van der Waals surface area contributed by atoms with Crippen molar-refractivity contribution in [3.63, 3.8) is 0 Å². The number of carbonyl (C=O) groups is 1. The number of aromatic amines is 1. The van der Waals surface area contributed by atoms with E-state index in [1.807, 2.05) is 0 Å². The van der Waals surface area contributed by atoms with Crippen molar-refractivity contribution >= 4 is 35.0 Å². The van der Waals surface area contributed by atoms with Crippen LogP contribution in [0.1, 0.15) is 0 Å². The van der Waals surface area contributed by atoms with E-state index in [0.717, 1.165) is 11.8 Å². The maximum atomic E-state index is 11.7. The highest BCUT2D eigenvalue weighted by Gasteiger charge is 2.08. The molecule has 6 nitrogen and oxygen atoms in total. The molecule has 20 heavy (non-hydrogen) atoms. The van der Waals surface area contributed by atoms with Crippen molar-refractivity contribution in [2.45, 2.75) is 5.16 Å². The van der Waals surface area contributed by atoms with Crippen molar-refractivity contribution in [1.82, 2.24) is 9.97 Å². The van der Waals surface area contributed by atoms with Crippen LogP contribution in [0.4, 0.5) is 5.69 Å². The van der Waals surface area contributed by atoms with Crippen LogP contribution < -0.4 is 10.9 Å². The molecule has 0 radical (unpaired) electrons. The molecular formula is C12H10ClN3O3S. The van der Waals surface area contributed by atoms with Crippen LogP contribution in [0.25, 0.3) is 0 Å². The molecule has 2 rings (SSSR count). The van der Waals surface area contributed by atoms with Gasteiger partial charge in [0.15, 0.2) is 5.16 Å². The lowest BCUT2D eigenvalue weighted by Crippen LogP contribution is -2.15. The summed E-state index contributed by atoms with van der Waals surface area (Å²) in [6.07, 6.45) is 1.36. The van der Waals surface area contributed by atoms with Crippen LogP contribution in [0.15, 0.2) is 40.4 Å². The van der Waals surface area contributed by atoms with Crippen molar-refractivity contribution in [3.8, 4) is 5.75 Å². The molecule has 3 N–H and O–H groups in total. The highest BCUT2D eigenvalue weighted by Crippen LogP contribution is 2.26. The first-order valence-corrected chi connectivity index (χ1v) is 6.87. The molecule has 1 aromatic carbocycles. The van der Waals surface area contributed by atoms with Crippen LogP contribution in [-0.4, -0.2) is 26.7 Å². The Labute approximate surface area is 123 Å². The van der Waals surface area contributed by atoms with E-state index in [1.54, 1.807) is 0 Å². The smallest absolute Gasteiger partial charge is 0.251 e. The van der Waals surface area contributed by atoms with Gasteiger partial charge in [-0.3, -0.25) is 9.59 Å². The van der Waals surface area contributed by atoms with Crippen LogP contribution in [-0.2, 0) is 4.79 Å². The minimum atomic E-state index is -0.348. The standard InChI is InChI=1S/C12H10ClN3O3S/c13-7-1-2-9(17)8(5-7)15-11(19)6-20-12-14-4-3-10(18)16-12/h1-5,17H,6H2,(H,15,19)(H,14,16,18). The molecule has 0 atom stereocenters. The lowest BCUT2D eigenvalue weighted by Gasteiger charge is -2.07. The molecule has 2 aromatic rings. The topological polar surface area (TPSA) is 95.1 Å². The van der Waals surface area contributed by atoms with Crippen molar-refractivity contribution in [2.24, 2.45) is 0 Å². The number of anilines is 1. The van der Waals surface area contributed by atoms with Crippen LogP contribution in [0.5, 0.6) is 5.75 Å². The van der Waals surface area contributed by atoms with Gasteiger partial charge < -0.3 is 15.4 Å². The fourth-order valence-corrected chi connectivity index (χ4v) is 2.17. The molecule has 1 amide bonds. The number of carbonyl (C=O) groups excluding carboxylic acids is 1. The number of rotatable bonds is 4. The van der Waals surface area contributed by atoms with E-state index in [1.165, 1.54) is 30.5 Å². The number of amides is 1. The minimum absolute atomic E-state index is 0.0406. The summed E-state index contributed by atoms with van der Waals surface area (Å²) in [4.78, 5) is 29.2. The van der Waals surface area contributed by atoms with E-state index < -0.39 is 0 Å². The number of aromatic nitrogens is 2. The Morgan fingerprint density at radius 2 is 2.25 bits per heavy atom. The van der Waals surface area contributed by atoms with Gasteiger partial charge in [-0.05, 0) is 18.2 Å². The Hall–Kier alpha value is -1.99. The number of nitrogens with one attached hydrogen (secondary N) is 2. The molecule has 0 spiro atoms. The minimum Gasteiger partial charge on any atom is -0.506 e. The van der Waals surface area contributed by atoms with Crippen LogP contribution in [0.3, 0.4) is 0 Å².